The normalized spacial score (nSPS) is 16.1. The van der Waals surface area contributed by atoms with E-state index in [0.717, 1.165) is 22.2 Å². The number of amides is 2. The summed E-state index contributed by atoms with van der Waals surface area (Å²) in [6.45, 7) is 3.46. The number of benzene rings is 1. The standard InChI is InChI=1S/C21H19NO7S/c1-4-28-20(25)14-7-5-13(6-8-14)16-10-9-15(29-16)11-17-18(23)22(21(26)30-17)12(2)19(24)27-3/h5-12H,4H2,1-3H3/b17-11+/t12-/m1/s1. The van der Waals surface area contributed by atoms with Crippen molar-refractivity contribution in [1.82, 2.24) is 4.90 Å². The first kappa shape index (κ1) is 21.4. The summed E-state index contributed by atoms with van der Waals surface area (Å²) in [6, 6.07) is 9.07. The number of esters is 2. The van der Waals surface area contributed by atoms with Crippen LogP contribution in [0.25, 0.3) is 17.4 Å². The van der Waals surface area contributed by atoms with Gasteiger partial charge < -0.3 is 13.9 Å². The van der Waals surface area contributed by atoms with E-state index in [4.69, 9.17) is 9.15 Å². The van der Waals surface area contributed by atoms with Crippen LogP contribution >= 0.6 is 11.8 Å². The van der Waals surface area contributed by atoms with Gasteiger partial charge in [0.25, 0.3) is 11.1 Å². The number of methoxy groups -OCH3 is 1. The molecule has 2 amide bonds. The summed E-state index contributed by atoms with van der Waals surface area (Å²) in [4.78, 5) is 49.1. The molecule has 8 nitrogen and oxygen atoms in total. The highest BCUT2D eigenvalue weighted by molar-refractivity contribution is 8.18. The number of carbonyl (C=O) groups excluding carboxylic acids is 4. The van der Waals surface area contributed by atoms with Gasteiger partial charge in [-0.25, -0.2) is 9.59 Å². The first-order valence-corrected chi connectivity index (χ1v) is 9.89. The number of hydrogen-bond acceptors (Lipinski definition) is 8. The van der Waals surface area contributed by atoms with E-state index in [1.165, 1.54) is 20.1 Å². The second kappa shape index (κ2) is 9.00. The molecule has 3 rings (SSSR count). The average molecular weight is 429 g/mol. The van der Waals surface area contributed by atoms with E-state index in [2.05, 4.69) is 4.74 Å². The molecule has 0 bridgehead atoms. The van der Waals surface area contributed by atoms with Crippen LogP contribution in [0.4, 0.5) is 4.79 Å². The molecule has 156 valence electrons. The third kappa shape index (κ3) is 4.30. The molecule has 1 aromatic heterocycles. The SMILES string of the molecule is CCOC(=O)c1ccc(-c2ccc(/C=C3/SC(=O)N([C@H](C)C(=O)OC)C3=O)o2)cc1. The van der Waals surface area contributed by atoms with Gasteiger partial charge in [-0.1, -0.05) is 12.1 Å². The number of thioether (sulfide) groups is 1. The summed E-state index contributed by atoms with van der Waals surface area (Å²) in [5.74, 6) is -0.764. The Kier molecular flexibility index (Phi) is 6.41. The Morgan fingerprint density at radius 1 is 1.17 bits per heavy atom. The lowest BCUT2D eigenvalue weighted by molar-refractivity contribution is -0.148. The molecule has 1 aromatic carbocycles. The summed E-state index contributed by atoms with van der Waals surface area (Å²) in [5.41, 5.74) is 1.16. The van der Waals surface area contributed by atoms with Gasteiger partial charge in [0.05, 0.1) is 24.2 Å². The molecule has 9 heteroatoms. The summed E-state index contributed by atoms with van der Waals surface area (Å²) in [7, 11) is 1.19. The van der Waals surface area contributed by atoms with Gasteiger partial charge in [0.1, 0.15) is 17.6 Å². The van der Waals surface area contributed by atoms with Crippen LogP contribution in [0.5, 0.6) is 0 Å². The van der Waals surface area contributed by atoms with Crippen molar-refractivity contribution in [2.45, 2.75) is 19.9 Å². The summed E-state index contributed by atoms with van der Waals surface area (Å²) < 4.78 is 15.3. The smallest absolute Gasteiger partial charge is 0.338 e. The topological polar surface area (TPSA) is 103 Å². The lowest BCUT2D eigenvalue weighted by atomic mass is 10.1. The Morgan fingerprint density at radius 2 is 1.87 bits per heavy atom. The lowest BCUT2D eigenvalue weighted by Gasteiger charge is -2.18. The quantitative estimate of drug-likeness (QED) is 0.506. The van der Waals surface area contributed by atoms with Crippen molar-refractivity contribution in [1.29, 1.82) is 0 Å². The molecule has 0 saturated carbocycles. The zero-order chi connectivity index (χ0) is 21.8. The van der Waals surface area contributed by atoms with Crippen molar-refractivity contribution in [3.8, 4) is 11.3 Å². The third-order valence-corrected chi connectivity index (χ3v) is 5.22. The Morgan fingerprint density at radius 3 is 2.50 bits per heavy atom. The molecule has 0 radical (unpaired) electrons. The molecule has 0 N–H and O–H groups in total. The summed E-state index contributed by atoms with van der Waals surface area (Å²) in [6.07, 6.45) is 1.45. The van der Waals surface area contributed by atoms with Gasteiger partial charge in [-0.05, 0) is 49.9 Å². The fourth-order valence-electron chi connectivity index (χ4n) is 2.79. The Hall–Kier alpha value is -3.33. The van der Waals surface area contributed by atoms with Crippen molar-refractivity contribution in [3.63, 3.8) is 0 Å². The van der Waals surface area contributed by atoms with Crippen LogP contribution in [0.2, 0.25) is 0 Å². The molecule has 0 spiro atoms. The molecule has 2 aromatic rings. The highest BCUT2D eigenvalue weighted by atomic mass is 32.2. The largest absolute Gasteiger partial charge is 0.467 e. The van der Waals surface area contributed by atoms with E-state index in [1.54, 1.807) is 43.3 Å². The minimum atomic E-state index is -1.02. The number of carbonyl (C=O) groups is 4. The van der Waals surface area contributed by atoms with Gasteiger partial charge in [0, 0.05) is 11.6 Å². The first-order chi connectivity index (χ1) is 14.3. The van der Waals surface area contributed by atoms with Crippen molar-refractivity contribution in [2.75, 3.05) is 13.7 Å². The number of imide groups is 1. The van der Waals surface area contributed by atoms with E-state index in [-0.39, 0.29) is 4.91 Å². The molecular weight excluding hydrogens is 410 g/mol. The molecule has 1 aliphatic heterocycles. The maximum Gasteiger partial charge on any atom is 0.338 e. The van der Waals surface area contributed by atoms with Crippen LogP contribution in [0.3, 0.4) is 0 Å². The lowest BCUT2D eigenvalue weighted by Crippen LogP contribution is -2.42. The van der Waals surface area contributed by atoms with E-state index < -0.39 is 29.1 Å². The van der Waals surface area contributed by atoms with Gasteiger partial charge >= 0.3 is 11.9 Å². The molecular formula is C21H19NO7S. The van der Waals surface area contributed by atoms with Crippen LogP contribution in [0.15, 0.2) is 45.7 Å². The van der Waals surface area contributed by atoms with Crippen LogP contribution in [-0.2, 0) is 19.1 Å². The number of nitrogens with zero attached hydrogens (tertiary/aromatic N) is 1. The van der Waals surface area contributed by atoms with E-state index >= 15 is 0 Å². The first-order valence-electron chi connectivity index (χ1n) is 9.08. The molecule has 1 fully saturated rings. The van der Waals surface area contributed by atoms with Gasteiger partial charge in [0.15, 0.2) is 0 Å². The van der Waals surface area contributed by atoms with Gasteiger partial charge in [0.2, 0.25) is 0 Å². The average Bonchev–Trinajstić information content (AvgIpc) is 3.31. The second-order valence-corrected chi connectivity index (χ2v) is 7.24. The highest BCUT2D eigenvalue weighted by Crippen LogP contribution is 2.34. The van der Waals surface area contributed by atoms with Crippen LogP contribution < -0.4 is 0 Å². The van der Waals surface area contributed by atoms with Gasteiger partial charge in [-0.3, -0.25) is 14.5 Å². The molecule has 2 heterocycles. The maximum absolute atomic E-state index is 12.5. The van der Waals surface area contributed by atoms with Crippen LogP contribution in [0, 0.1) is 0 Å². The maximum atomic E-state index is 12.5. The zero-order valence-corrected chi connectivity index (χ0v) is 17.4. The van der Waals surface area contributed by atoms with E-state index in [0.29, 0.717) is 23.7 Å². The third-order valence-electron chi connectivity index (χ3n) is 4.33. The number of furan rings is 1. The molecule has 1 aliphatic rings. The fraction of sp³-hybridized carbons (Fsp3) is 0.238. The van der Waals surface area contributed by atoms with Crippen LogP contribution in [-0.4, -0.2) is 47.7 Å². The molecule has 0 unspecified atom stereocenters. The van der Waals surface area contributed by atoms with Crippen molar-refractivity contribution in [3.05, 3.63) is 52.6 Å². The summed E-state index contributed by atoms with van der Waals surface area (Å²) in [5, 5.41) is -0.550. The Labute approximate surface area is 176 Å². The number of hydrogen-bond donors (Lipinski definition) is 0. The predicted octanol–water partition coefficient (Wildman–Crippen LogP) is 3.72. The van der Waals surface area contributed by atoms with Crippen molar-refractivity contribution >= 4 is 40.9 Å². The highest BCUT2D eigenvalue weighted by Gasteiger charge is 2.41. The second-order valence-electron chi connectivity index (χ2n) is 6.25. The predicted molar refractivity (Wildman–Crippen MR) is 109 cm³/mol. The van der Waals surface area contributed by atoms with Gasteiger partial charge in [-0.2, -0.15) is 0 Å². The minimum Gasteiger partial charge on any atom is -0.467 e. The number of ether oxygens (including phenoxy) is 2. The number of rotatable bonds is 6. The van der Waals surface area contributed by atoms with Crippen molar-refractivity contribution in [2.24, 2.45) is 0 Å². The molecule has 1 saturated heterocycles. The molecule has 1 atom stereocenters. The molecule has 30 heavy (non-hydrogen) atoms. The van der Waals surface area contributed by atoms with E-state index in [1.807, 2.05) is 0 Å². The zero-order valence-electron chi connectivity index (χ0n) is 16.5. The van der Waals surface area contributed by atoms with E-state index in [9.17, 15) is 19.2 Å². The summed E-state index contributed by atoms with van der Waals surface area (Å²) >= 11 is 0.727. The fourth-order valence-corrected chi connectivity index (χ4v) is 3.68. The van der Waals surface area contributed by atoms with Crippen LogP contribution in [0.1, 0.15) is 30.0 Å². The van der Waals surface area contributed by atoms with Gasteiger partial charge in [-0.15, -0.1) is 0 Å². The minimum absolute atomic E-state index is 0.148. The Bertz CT molecular complexity index is 1020. The molecule has 0 aliphatic carbocycles. The monoisotopic (exact) mass is 429 g/mol. The van der Waals surface area contributed by atoms with Crippen molar-refractivity contribution < 1.29 is 33.1 Å². The Balaban J connectivity index is 1.77.